The topological polar surface area (TPSA) is 78.4 Å². The van der Waals surface area contributed by atoms with Gasteiger partial charge in [-0.05, 0) is 19.3 Å². The lowest BCUT2D eigenvalue weighted by Crippen LogP contribution is -2.50. The van der Waals surface area contributed by atoms with Crippen LogP contribution in [0.25, 0.3) is 0 Å². The van der Waals surface area contributed by atoms with Gasteiger partial charge in [0.2, 0.25) is 5.91 Å². The van der Waals surface area contributed by atoms with Crippen LogP contribution in [-0.4, -0.2) is 36.1 Å². The summed E-state index contributed by atoms with van der Waals surface area (Å²) < 4.78 is 0. The number of hydrogen-bond donors (Lipinski definition) is 3. The summed E-state index contributed by atoms with van der Waals surface area (Å²) in [6, 6.07) is -0.0204. The average Bonchev–Trinajstić information content (AvgIpc) is 3.01. The molecule has 0 spiro atoms. The predicted octanol–water partition coefficient (Wildman–Crippen LogP) is -0.425. The molecule has 0 aromatic carbocycles. The van der Waals surface area contributed by atoms with Crippen LogP contribution in [0.4, 0.5) is 0 Å². The van der Waals surface area contributed by atoms with E-state index in [0.29, 0.717) is 19.5 Å². The first-order chi connectivity index (χ1) is 7.16. The first kappa shape index (κ1) is 10.4. The number of aliphatic carboxylic acids is 1. The number of amides is 1. The highest BCUT2D eigenvalue weighted by atomic mass is 16.4. The summed E-state index contributed by atoms with van der Waals surface area (Å²) in [6.07, 6.45) is 2.50. The Morgan fingerprint density at radius 1 is 1.20 bits per heavy atom. The monoisotopic (exact) mass is 212 g/mol. The number of rotatable bonds is 3. The second-order valence-electron chi connectivity index (χ2n) is 4.41. The molecular formula is C10H16N2O3. The van der Waals surface area contributed by atoms with Crippen molar-refractivity contribution in [2.45, 2.75) is 25.3 Å². The van der Waals surface area contributed by atoms with Gasteiger partial charge in [-0.3, -0.25) is 9.59 Å². The molecule has 3 N–H and O–H groups in total. The molecule has 1 aliphatic heterocycles. The van der Waals surface area contributed by atoms with Crippen molar-refractivity contribution in [3.05, 3.63) is 0 Å². The highest BCUT2D eigenvalue weighted by molar-refractivity contribution is 5.81. The normalized spacial score (nSPS) is 30.9. The van der Waals surface area contributed by atoms with Crippen LogP contribution in [0.3, 0.4) is 0 Å². The Morgan fingerprint density at radius 2 is 1.93 bits per heavy atom. The van der Waals surface area contributed by atoms with E-state index in [1.165, 1.54) is 0 Å². The summed E-state index contributed by atoms with van der Waals surface area (Å²) in [5, 5.41) is 14.8. The standard InChI is InChI=1S/C10H16N2O3/c13-9(6-1-2-6)12-8-3-7(10(14)15)4-11-5-8/h6-8,11H,1-5H2,(H,12,13)(H,14,15)/t7-,8+/m0/s1. The quantitative estimate of drug-likeness (QED) is 0.593. The summed E-state index contributed by atoms with van der Waals surface area (Å²) in [7, 11) is 0. The molecule has 0 radical (unpaired) electrons. The van der Waals surface area contributed by atoms with Crippen molar-refractivity contribution in [1.29, 1.82) is 0 Å². The lowest BCUT2D eigenvalue weighted by molar-refractivity contribution is -0.142. The molecule has 1 saturated heterocycles. The number of carbonyl (C=O) groups is 2. The average molecular weight is 212 g/mol. The van der Waals surface area contributed by atoms with Crippen LogP contribution >= 0.6 is 0 Å². The molecule has 1 heterocycles. The van der Waals surface area contributed by atoms with Crippen LogP contribution < -0.4 is 10.6 Å². The van der Waals surface area contributed by atoms with E-state index in [2.05, 4.69) is 10.6 Å². The van der Waals surface area contributed by atoms with E-state index in [-0.39, 0.29) is 23.8 Å². The van der Waals surface area contributed by atoms with E-state index < -0.39 is 5.97 Å². The second kappa shape index (κ2) is 4.18. The highest BCUT2D eigenvalue weighted by Crippen LogP contribution is 2.29. The molecule has 2 aliphatic rings. The second-order valence-corrected chi connectivity index (χ2v) is 4.41. The Balaban J connectivity index is 1.81. The number of hydrogen-bond acceptors (Lipinski definition) is 3. The molecule has 0 unspecified atom stereocenters. The smallest absolute Gasteiger partial charge is 0.307 e. The highest BCUT2D eigenvalue weighted by Gasteiger charge is 2.33. The molecule has 5 heteroatoms. The third-order valence-corrected chi connectivity index (χ3v) is 2.99. The van der Waals surface area contributed by atoms with Crippen molar-refractivity contribution >= 4 is 11.9 Å². The Labute approximate surface area is 88.2 Å². The van der Waals surface area contributed by atoms with Gasteiger partial charge in [0.25, 0.3) is 0 Å². The number of carbonyl (C=O) groups excluding carboxylic acids is 1. The van der Waals surface area contributed by atoms with Crippen molar-refractivity contribution in [1.82, 2.24) is 10.6 Å². The van der Waals surface area contributed by atoms with Crippen LogP contribution in [-0.2, 0) is 9.59 Å². The van der Waals surface area contributed by atoms with Crippen molar-refractivity contribution in [2.24, 2.45) is 11.8 Å². The molecule has 0 aromatic rings. The molecule has 2 atom stereocenters. The van der Waals surface area contributed by atoms with Gasteiger partial charge in [-0.15, -0.1) is 0 Å². The fraction of sp³-hybridized carbons (Fsp3) is 0.800. The van der Waals surface area contributed by atoms with Gasteiger partial charge >= 0.3 is 5.97 Å². The van der Waals surface area contributed by atoms with Gasteiger partial charge in [0.15, 0.2) is 0 Å². The van der Waals surface area contributed by atoms with Crippen molar-refractivity contribution in [3.63, 3.8) is 0 Å². The van der Waals surface area contributed by atoms with E-state index >= 15 is 0 Å². The van der Waals surface area contributed by atoms with Crippen molar-refractivity contribution in [3.8, 4) is 0 Å². The minimum atomic E-state index is -0.784. The molecule has 0 aromatic heterocycles. The first-order valence-corrected chi connectivity index (χ1v) is 5.40. The Morgan fingerprint density at radius 3 is 2.53 bits per heavy atom. The van der Waals surface area contributed by atoms with E-state index in [9.17, 15) is 9.59 Å². The van der Waals surface area contributed by atoms with Gasteiger partial charge in [0, 0.05) is 25.0 Å². The SMILES string of the molecule is O=C(N[C@H]1CNC[C@@H](C(=O)O)C1)C1CC1. The molecular weight excluding hydrogens is 196 g/mol. The molecule has 0 bridgehead atoms. The number of nitrogens with one attached hydrogen (secondary N) is 2. The zero-order valence-corrected chi connectivity index (χ0v) is 8.53. The summed E-state index contributed by atoms with van der Waals surface area (Å²) in [5.74, 6) is -0.876. The summed E-state index contributed by atoms with van der Waals surface area (Å²) >= 11 is 0. The van der Waals surface area contributed by atoms with Crippen molar-refractivity contribution < 1.29 is 14.7 Å². The largest absolute Gasteiger partial charge is 0.481 e. The van der Waals surface area contributed by atoms with Gasteiger partial charge in [0.05, 0.1) is 5.92 Å². The summed E-state index contributed by atoms with van der Waals surface area (Å²) in [6.45, 7) is 1.19. The van der Waals surface area contributed by atoms with Gasteiger partial charge in [-0.25, -0.2) is 0 Å². The van der Waals surface area contributed by atoms with Gasteiger partial charge < -0.3 is 15.7 Å². The van der Waals surface area contributed by atoms with Crippen LogP contribution in [0.2, 0.25) is 0 Å². The Bertz CT molecular complexity index is 276. The minimum absolute atomic E-state index is 0.0204. The first-order valence-electron chi connectivity index (χ1n) is 5.40. The lowest BCUT2D eigenvalue weighted by Gasteiger charge is -2.28. The van der Waals surface area contributed by atoms with Crippen LogP contribution in [0.1, 0.15) is 19.3 Å². The van der Waals surface area contributed by atoms with Gasteiger partial charge in [0.1, 0.15) is 0 Å². The molecule has 5 nitrogen and oxygen atoms in total. The van der Waals surface area contributed by atoms with E-state index in [1.807, 2.05) is 0 Å². The maximum atomic E-state index is 11.5. The predicted molar refractivity (Wildman–Crippen MR) is 53.3 cm³/mol. The summed E-state index contributed by atoms with van der Waals surface area (Å²) in [4.78, 5) is 22.2. The maximum absolute atomic E-state index is 11.5. The molecule has 1 saturated carbocycles. The van der Waals surface area contributed by atoms with Gasteiger partial charge in [-0.2, -0.15) is 0 Å². The van der Waals surface area contributed by atoms with Crippen LogP contribution in [0.15, 0.2) is 0 Å². The minimum Gasteiger partial charge on any atom is -0.481 e. The molecule has 84 valence electrons. The van der Waals surface area contributed by atoms with Crippen LogP contribution in [0.5, 0.6) is 0 Å². The lowest BCUT2D eigenvalue weighted by atomic mass is 9.96. The maximum Gasteiger partial charge on any atom is 0.307 e. The van der Waals surface area contributed by atoms with E-state index in [0.717, 1.165) is 12.8 Å². The van der Waals surface area contributed by atoms with E-state index in [1.54, 1.807) is 0 Å². The zero-order valence-electron chi connectivity index (χ0n) is 8.53. The molecule has 1 aliphatic carbocycles. The molecule has 15 heavy (non-hydrogen) atoms. The zero-order chi connectivity index (χ0) is 10.8. The molecule has 2 rings (SSSR count). The summed E-state index contributed by atoms with van der Waals surface area (Å²) in [5.41, 5.74) is 0. The number of carboxylic acid groups (broad SMARTS) is 1. The Kier molecular flexibility index (Phi) is 2.90. The van der Waals surface area contributed by atoms with E-state index in [4.69, 9.17) is 5.11 Å². The molecule has 1 amide bonds. The van der Waals surface area contributed by atoms with Crippen molar-refractivity contribution in [2.75, 3.05) is 13.1 Å². The third-order valence-electron chi connectivity index (χ3n) is 2.99. The fourth-order valence-electron chi connectivity index (χ4n) is 1.90. The third kappa shape index (κ3) is 2.68. The number of carboxylic acids is 1. The number of piperidine rings is 1. The fourth-order valence-corrected chi connectivity index (χ4v) is 1.90. The molecule has 2 fully saturated rings. The van der Waals surface area contributed by atoms with Crippen LogP contribution in [0, 0.1) is 11.8 Å². The van der Waals surface area contributed by atoms with Gasteiger partial charge in [-0.1, -0.05) is 0 Å². The Hall–Kier alpha value is -1.10.